The first-order valence-corrected chi connectivity index (χ1v) is 8.50. The van der Waals surface area contributed by atoms with E-state index in [1.807, 2.05) is 36.4 Å². The Morgan fingerprint density at radius 2 is 1.22 bits per heavy atom. The fourth-order valence-electron chi connectivity index (χ4n) is 2.56. The zero-order chi connectivity index (χ0) is 19.6. The van der Waals surface area contributed by atoms with Gasteiger partial charge in [0, 0.05) is 13.1 Å². The molecular formula is C20H26N2O5. The van der Waals surface area contributed by atoms with Gasteiger partial charge in [-0.3, -0.25) is 4.79 Å². The van der Waals surface area contributed by atoms with Gasteiger partial charge < -0.3 is 29.6 Å². The third-order valence-corrected chi connectivity index (χ3v) is 4.00. The van der Waals surface area contributed by atoms with Gasteiger partial charge in [-0.25, -0.2) is 0 Å². The number of hydrogen-bond donors (Lipinski definition) is 2. The number of carbonyl (C=O) groups is 1. The monoisotopic (exact) mass is 374 g/mol. The Kier molecular flexibility index (Phi) is 7.76. The van der Waals surface area contributed by atoms with Crippen LogP contribution in [-0.4, -0.2) is 40.9 Å². The number of hydrogen-bond acceptors (Lipinski definition) is 6. The summed E-state index contributed by atoms with van der Waals surface area (Å²) >= 11 is 0. The molecule has 0 aromatic heterocycles. The van der Waals surface area contributed by atoms with E-state index in [1.54, 1.807) is 28.4 Å². The second-order valence-electron chi connectivity index (χ2n) is 5.76. The molecule has 146 valence electrons. The molecule has 0 aliphatic rings. The highest BCUT2D eigenvalue weighted by molar-refractivity contribution is 5.78. The number of methoxy groups -OCH3 is 4. The Morgan fingerprint density at radius 1 is 0.741 bits per heavy atom. The van der Waals surface area contributed by atoms with Crippen molar-refractivity contribution < 1.29 is 23.7 Å². The maximum Gasteiger partial charge on any atom is 0.234 e. The minimum atomic E-state index is -0.0924. The van der Waals surface area contributed by atoms with E-state index in [2.05, 4.69) is 10.6 Å². The summed E-state index contributed by atoms with van der Waals surface area (Å²) in [5.74, 6) is 2.54. The normalized spacial score (nSPS) is 10.2. The smallest absolute Gasteiger partial charge is 0.234 e. The van der Waals surface area contributed by atoms with Crippen LogP contribution in [0.15, 0.2) is 36.4 Å². The van der Waals surface area contributed by atoms with Crippen LogP contribution in [0.1, 0.15) is 11.1 Å². The molecule has 0 radical (unpaired) electrons. The van der Waals surface area contributed by atoms with Crippen molar-refractivity contribution in [1.82, 2.24) is 10.6 Å². The second-order valence-corrected chi connectivity index (χ2v) is 5.76. The van der Waals surface area contributed by atoms with Crippen molar-refractivity contribution >= 4 is 5.91 Å². The molecule has 2 rings (SSSR count). The number of ether oxygens (including phenoxy) is 4. The van der Waals surface area contributed by atoms with Gasteiger partial charge in [0.15, 0.2) is 23.0 Å². The summed E-state index contributed by atoms with van der Waals surface area (Å²) in [6.07, 6.45) is 0. The Bertz CT molecular complexity index is 764. The largest absolute Gasteiger partial charge is 0.493 e. The highest BCUT2D eigenvalue weighted by atomic mass is 16.5. The van der Waals surface area contributed by atoms with Gasteiger partial charge in [-0.15, -0.1) is 0 Å². The minimum absolute atomic E-state index is 0.0924. The average Bonchev–Trinajstić information content (AvgIpc) is 2.71. The lowest BCUT2D eigenvalue weighted by molar-refractivity contribution is -0.120. The molecule has 0 aliphatic carbocycles. The van der Waals surface area contributed by atoms with E-state index in [0.717, 1.165) is 11.1 Å². The van der Waals surface area contributed by atoms with Crippen molar-refractivity contribution in [3.8, 4) is 23.0 Å². The van der Waals surface area contributed by atoms with E-state index >= 15 is 0 Å². The number of benzene rings is 2. The SMILES string of the molecule is COc1ccc(CNCC(=O)NCc2ccc(OC)c(OC)c2)cc1OC. The summed E-state index contributed by atoms with van der Waals surface area (Å²) < 4.78 is 21.0. The summed E-state index contributed by atoms with van der Waals surface area (Å²) in [5.41, 5.74) is 1.93. The molecule has 2 aromatic rings. The van der Waals surface area contributed by atoms with E-state index in [-0.39, 0.29) is 12.5 Å². The van der Waals surface area contributed by atoms with Crippen molar-refractivity contribution in [2.75, 3.05) is 35.0 Å². The van der Waals surface area contributed by atoms with Gasteiger partial charge >= 0.3 is 0 Å². The summed E-state index contributed by atoms with van der Waals surface area (Å²) in [5, 5.41) is 5.99. The number of nitrogens with one attached hydrogen (secondary N) is 2. The molecule has 0 heterocycles. The Hall–Kier alpha value is -2.93. The van der Waals surface area contributed by atoms with Crippen molar-refractivity contribution in [3.63, 3.8) is 0 Å². The molecule has 0 saturated heterocycles. The molecule has 0 atom stereocenters. The summed E-state index contributed by atoms with van der Waals surface area (Å²) in [7, 11) is 6.36. The van der Waals surface area contributed by atoms with Crippen LogP contribution in [0, 0.1) is 0 Å². The third kappa shape index (κ3) is 5.79. The predicted octanol–water partition coefficient (Wildman–Crippen LogP) is 2.13. The van der Waals surface area contributed by atoms with Crippen LogP contribution in [0.2, 0.25) is 0 Å². The lowest BCUT2D eigenvalue weighted by Crippen LogP contribution is -2.33. The Labute approximate surface area is 159 Å². The average molecular weight is 374 g/mol. The lowest BCUT2D eigenvalue weighted by Gasteiger charge is -2.11. The maximum atomic E-state index is 12.0. The first kappa shape index (κ1) is 20.4. The summed E-state index contributed by atoms with van der Waals surface area (Å²) in [4.78, 5) is 12.0. The molecule has 0 saturated carbocycles. The van der Waals surface area contributed by atoms with Gasteiger partial charge in [-0.1, -0.05) is 12.1 Å². The Balaban J connectivity index is 1.80. The van der Waals surface area contributed by atoms with Crippen molar-refractivity contribution in [3.05, 3.63) is 47.5 Å². The fourth-order valence-corrected chi connectivity index (χ4v) is 2.56. The van der Waals surface area contributed by atoms with Crippen molar-refractivity contribution in [2.45, 2.75) is 13.1 Å². The number of rotatable bonds is 10. The van der Waals surface area contributed by atoms with Crippen LogP contribution in [-0.2, 0) is 17.9 Å². The Morgan fingerprint density at radius 3 is 1.70 bits per heavy atom. The van der Waals surface area contributed by atoms with Gasteiger partial charge in [-0.2, -0.15) is 0 Å². The van der Waals surface area contributed by atoms with E-state index in [4.69, 9.17) is 18.9 Å². The van der Waals surface area contributed by atoms with Crippen LogP contribution in [0.5, 0.6) is 23.0 Å². The predicted molar refractivity (Wildman–Crippen MR) is 103 cm³/mol. The van der Waals surface area contributed by atoms with Crippen molar-refractivity contribution in [2.24, 2.45) is 0 Å². The fraction of sp³-hybridized carbons (Fsp3) is 0.350. The number of carbonyl (C=O) groups excluding carboxylic acids is 1. The molecule has 1 amide bonds. The summed E-state index contributed by atoms with van der Waals surface area (Å²) in [6, 6.07) is 11.2. The van der Waals surface area contributed by atoms with Crippen molar-refractivity contribution in [1.29, 1.82) is 0 Å². The third-order valence-electron chi connectivity index (χ3n) is 4.00. The molecule has 2 N–H and O–H groups in total. The zero-order valence-electron chi connectivity index (χ0n) is 16.1. The highest BCUT2D eigenvalue weighted by Crippen LogP contribution is 2.28. The van der Waals surface area contributed by atoms with Crippen LogP contribution >= 0.6 is 0 Å². The molecule has 0 aliphatic heterocycles. The molecule has 7 nitrogen and oxygen atoms in total. The van der Waals surface area contributed by atoms with E-state index < -0.39 is 0 Å². The van der Waals surface area contributed by atoms with E-state index in [9.17, 15) is 4.79 Å². The van der Waals surface area contributed by atoms with Gasteiger partial charge in [0.25, 0.3) is 0 Å². The first-order chi connectivity index (χ1) is 13.1. The summed E-state index contributed by atoms with van der Waals surface area (Å²) in [6.45, 7) is 1.17. The lowest BCUT2D eigenvalue weighted by atomic mass is 10.2. The second kappa shape index (κ2) is 10.3. The quantitative estimate of drug-likeness (QED) is 0.663. The van der Waals surface area contributed by atoms with Gasteiger partial charge in [-0.05, 0) is 35.4 Å². The van der Waals surface area contributed by atoms with E-state index in [1.165, 1.54) is 0 Å². The molecular weight excluding hydrogens is 348 g/mol. The van der Waals surface area contributed by atoms with Gasteiger partial charge in [0.2, 0.25) is 5.91 Å². The highest BCUT2D eigenvalue weighted by Gasteiger charge is 2.07. The van der Waals surface area contributed by atoms with Crippen LogP contribution in [0.4, 0.5) is 0 Å². The molecule has 7 heteroatoms. The molecule has 0 fully saturated rings. The van der Waals surface area contributed by atoms with Crippen LogP contribution < -0.4 is 29.6 Å². The standard InChI is InChI=1S/C20H26N2O5/c1-24-16-7-5-14(9-18(16)26-3)11-21-13-20(23)22-12-15-6-8-17(25-2)19(10-15)27-4/h5-10,21H,11-13H2,1-4H3,(H,22,23). The molecule has 27 heavy (non-hydrogen) atoms. The maximum absolute atomic E-state index is 12.0. The van der Waals surface area contributed by atoms with Gasteiger partial charge in [0.05, 0.1) is 35.0 Å². The first-order valence-electron chi connectivity index (χ1n) is 8.50. The molecule has 0 spiro atoms. The zero-order valence-corrected chi connectivity index (χ0v) is 16.1. The topological polar surface area (TPSA) is 78.1 Å². The minimum Gasteiger partial charge on any atom is -0.493 e. The van der Waals surface area contributed by atoms with E-state index in [0.29, 0.717) is 36.1 Å². The molecule has 2 aromatic carbocycles. The van der Waals surface area contributed by atoms with Gasteiger partial charge in [0.1, 0.15) is 0 Å². The van der Waals surface area contributed by atoms with Crippen LogP contribution in [0.3, 0.4) is 0 Å². The molecule has 0 bridgehead atoms. The molecule has 0 unspecified atom stereocenters. The number of amides is 1. The van der Waals surface area contributed by atoms with Crippen LogP contribution in [0.25, 0.3) is 0 Å².